The number of hydrogen-bond donors (Lipinski definition) is 1. The summed E-state index contributed by atoms with van der Waals surface area (Å²) >= 11 is 1.73. The molecule has 1 aromatic heterocycles. The number of benzene rings is 1. The molecule has 1 N–H and O–H groups in total. The van der Waals surface area contributed by atoms with E-state index >= 15 is 0 Å². The van der Waals surface area contributed by atoms with Gasteiger partial charge < -0.3 is 10.1 Å². The number of hydrogen-bond acceptors (Lipinski definition) is 4. The second-order valence-electron chi connectivity index (χ2n) is 9.04. The van der Waals surface area contributed by atoms with E-state index in [1.807, 2.05) is 24.3 Å². The summed E-state index contributed by atoms with van der Waals surface area (Å²) in [6.07, 6.45) is 7.45. The van der Waals surface area contributed by atoms with E-state index in [1.54, 1.807) is 24.5 Å². The smallest absolute Gasteiger partial charge is 0.286 e. The Morgan fingerprint density at radius 1 is 1.21 bits per heavy atom. The summed E-state index contributed by atoms with van der Waals surface area (Å²) in [4.78, 5) is 16.3. The van der Waals surface area contributed by atoms with Gasteiger partial charge in [-0.1, -0.05) is 24.3 Å². The Bertz CT molecular complexity index is 888. The lowest BCUT2D eigenvalue weighted by Gasteiger charge is -2.53. The summed E-state index contributed by atoms with van der Waals surface area (Å²) in [6.45, 7) is 8.92. The summed E-state index contributed by atoms with van der Waals surface area (Å²) in [5, 5.41) is 4.42. The van der Waals surface area contributed by atoms with E-state index < -0.39 is 0 Å². The maximum absolute atomic E-state index is 12.8. The number of ether oxygens (including phenoxy) is 1. The Kier molecular flexibility index (Phi) is 6.20. The van der Waals surface area contributed by atoms with Crippen molar-refractivity contribution in [3.8, 4) is 0 Å². The first kappa shape index (κ1) is 21.6. The molecule has 3 rings (SSSR count). The molecule has 2 heterocycles. The Balaban J connectivity index is 1.68. The number of methoxy groups -OCH3 is 1. The first-order valence-electron chi connectivity index (χ1n) is 10.1. The van der Waals surface area contributed by atoms with Crippen molar-refractivity contribution in [1.29, 1.82) is 0 Å². The number of thiophene rings is 1. The molecule has 1 amide bonds. The first-order chi connectivity index (χ1) is 13.6. The van der Waals surface area contributed by atoms with Crippen molar-refractivity contribution < 1.29 is 9.53 Å². The molecule has 0 bridgehead atoms. The fourth-order valence-corrected chi connectivity index (χ4v) is 5.26. The lowest BCUT2D eigenvalue weighted by atomic mass is 9.77. The quantitative estimate of drug-likeness (QED) is 0.416. The second kappa shape index (κ2) is 8.33. The lowest BCUT2D eigenvalue weighted by Crippen LogP contribution is -2.62. The van der Waals surface area contributed by atoms with Gasteiger partial charge in [0.1, 0.15) is 0 Å². The summed E-state index contributed by atoms with van der Waals surface area (Å²) in [5.74, 6) is 0.173. The summed E-state index contributed by atoms with van der Waals surface area (Å²) in [6, 6.07) is 10.6. The second-order valence-corrected chi connectivity index (χ2v) is 10.2. The Labute approximate surface area is 178 Å². The number of fused-ring (bicyclic) bond motifs is 1. The van der Waals surface area contributed by atoms with Crippen LogP contribution in [-0.2, 0) is 9.53 Å². The largest absolute Gasteiger partial charge is 0.491 e. The van der Waals surface area contributed by atoms with Crippen molar-refractivity contribution in [3.05, 3.63) is 53.1 Å². The van der Waals surface area contributed by atoms with E-state index in [1.165, 1.54) is 10.1 Å². The van der Waals surface area contributed by atoms with Crippen LogP contribution in [0, 0.1) is 0 Å². The predicted molar refractivity (Wildman–Crippen MR) is 123 cm³/mol. The summed E-state index contributed by atoms with van der Waals surface area (Å²) in [7, 11) is 3.71. The molecule has 5 heteroatoms. The molecular formula is C24H32N2O2S. The number of amides is 1. The molecule has 0 aliphatic carbocycles. The first-order valence-corrected chi connectivity index (χ1v) is 10.9. The third-order valence-electron chi connectivity index (χ3n) is 6.04. The van der Waals surface area contributed by atoms with Crippen LogP contribution in [0.15, 0.2) is 48.2 Å². The van der Waals surface area contributed by atoms with Crippen molar-refractivity contribution in [2.75, 3.05) is 14.2 Å². The van der Waals surface area contributed by atoms with Gasteiger partial charge in [0.25, 0.3) is 5.91 Å². The Morgan fingerprint density at radius 3 is 2.48 bits per heavy atom. The number of carbonyl (C=O) groups excluding carboxylic acids is 1. The minimum absolute atomic E-state index is 0.0255. The van der Waals surface area contributed by atoms with Gasteiger partial charge in [-0.2, -0.15) is 0 Å². The van der Waals surface area contributed by atoms with Crippen LogP contribution in [0.2, 0.25) is 0 Å². The standard InChI is InChI=1S/C24H32N2O2S/c1-23(2)15-18(16-24(3,4)26(23)5)25-22(27)20(28-6)12-9-11-19-14-17-10-7-8-13-21(17)29-19/h7-14,18H,15-16H2,1-6H3,(H,25,27)/b11-9+,20-12-. The number of piperidine rings is 1. The molecule has 1 saturated heterocycles. The normalized spacial score (nSPS) is 20.3. The van der Waals surface area contributed by atoms with Gasteiger partial charge in [-0.05, 0) is 77.3 Å². The van der Waals surface area contributed by atoms with Crippen LogP contribution < -0.4 is 5.32 Å². The highest BCUT2D eigenvalue weighted by Crippen LogP contribution is 2.36. The molecule has 0 unspecified atom stereocenters. The third-order valence-corrected chi connectivity index (χ3v) is 7.12. The topological polar surface area (TPSA) is 41.6 Å². The van der Waals surface area contributed by atoms with Crippen molar-refractivity contribution in [2.24, 2.45) is 0 Å². The number of carbonyl (C=O) groups is 1. The average Bonchev–Trinajstić information content (AvgIpc) is 3.05. The van der Waals surface area contributed by atoms with Crippen molar-refractivity contribution in [1.82, 2.24) is 10.2 Å². The molecule has 0 radical (unpaired) electrons. The molecule has 0 spiro atoms. The van der Waals surface area contributed by atoms with Gasteiger partial charge in [-0.25, -0.2) is 0 Å². The maximum Gasteiger partial charge on any atom is 0.286 e. The Hall–Kier alpha value is -2.11. The number of nitrogens with zero attached hydrogens (tertiary/aromatic N) is 1. The van der Waals surface area contributed by atoms with Gasteiger partial charge in [0.2, 0.25) is 0 Å². The minimum Gasteiger partial charge on any atom is -0.491 e. The molecule has 0 atom stereocenters. The fraction of sp³-hybridized carbons (Fsp3) is 0.458. The number of rotatable bonds is 5. The van der Waals surface area contributed by atoms with E-state index in [9.17, 15) is 4.79 Å². The average molecular weight is 413 g/mol. The highest BCUT2D eigenvalue weighted by molar-refractivity contribution is 7.19. The lowest BCUT2D eigenvalue weighted by molar-refractivity contribution is -0.122. The van der Waals surface area contributed by atoms with Crippen LogP contribution in [0.3, 0.4) is 0 Å². The van der Waals surface area contributed by atoms with Crippen LogP contribution in [-0.4, -0.2) is 42.1 Å². The van der Waals surface area contributed by atoms with Crippen LogP contribution in [0.5, 0.6) is 0 Å². The van der Waals surface area contributed by atoms with Crippen LogP contribution in [0.25, 0.3) is 16.2 Å². The Morgan fingerprint density at radius 2 is 1.86 bits per heavy atom. The van der Waals surface area contributed by atoms with Crippen molar-refractivity contribution in [2.45, 2.75) is 57.7 Å². The van der Waals surface area contributed by atoms with Crippen molar-refractivity contribution in [3.63, 3.8) is 0 Å². The van der Waals surface area contributed by atoms with E-state index in [0.717, 1.165) is 17.7 Å². The molecule has 0 saturated carbocycles. The molecule has 2 aromatic rings. The van der Waals surface area contributed by atoms with Gasteiger partial charge in [-0.3, -0.25) is 9.69 Å². The van der Waals surface area contributed by atoms with E-state index in [-0.39, 0.29) is 23.0 Å². The molecule has 156 valence electrons. The van der Waals surface area contributed by atoms with Gasteiger partial charge >= 0.3 is 0 Å². The summed E-state index contributed by atoms with van der Waals surface area (Å²) in [5.41, 5.74) is 0.0510. The van der Waals surface area contributed by atoms with Crippen LogP contribution >= 0.6 is 11.3 Å². The van der Waals surface area contributed by atoms with Gasteiger partial charge in [-0.15, -0.1) is 11.3 Å². The SMILES string of the molecule is CO/C(=C\C=C\c1cc2ccccc2s1)C(=O)NC1CC(C)(C)N(C)C(C)(C)C1. The number of nitrogens with one attached hydrogen (secondary N) is 1. The zero-order valence-electron chi connectivity index (χ0n) is 18.3. The van der Waals surface area contributed by atoms with Gasteiger partial charge in [0.15, 0.2) is 5.76 Å². The minimum atomic E-state index is -0.158. The zero-order valence-corrected chi connectivity index (χ0v) is 19.1. The highest BCUT2D eigenvalue weighted by atomic mass is 32.1. The van der Waals surface area contributed by atoms with Crippen LogP contribution in [0.1, 0.15) is 45.4 Å². The number of allylic oxidation sites excluding steroid dienone is 2. The predicted octanol–water partition coefficient (Wildman–Crippen LogP) is 5.21. The van der Waals surface area contributed by atoms with Crippen molar-refractivity contribution >= 4 is 33.4 Å². The fourth-order valence-electron chi connectivity index (χ4n) is 4.28. The number of likely N-dealkylation sites (tertiary alicyclic amines) is 1. The van der Waals surface area contributed by atoms with Crippen LogP contribution in [0.4, 0.5) is 0 Å². The van der Waals surface area contributed by atoms with Gasteiger partial charge in [0.05, 0.1) is 7.11 Å². The zero-order chi connectivity index (χ0) is 21.2. The van der Waals surface area contributed by atoms with E-state index in [0.29, 0.717) is 5.76 Å². The molecule has 1 aliphatic rings. The highest BCUT2D eigenvalue weighted by Gasteiger charge is 2.43. The molecule has 1 fully saturated rings. The molecule has 4 nitrogen and oxygen atoms in total. The van der Waals surface area contributed by atoms with E-state index in [2.05, 4.69) is 63.2 Å². The third kappa shape index (κ3) is 4.90. The molecular weight excluding hydrogens is 380 g/mol. The van der Waals surface area contributed by atoms with E-state index in [4.69, 9.17) is 4.74 Å². The summed E-state index contributed by atoms with van der Waals surface area (Å²) < 4.78 is 6.62. The molecule has 1 aliphatic heterocycles. The monoisotopic (exact) mass is 412 g/mol. The maximum atomic E-state index is 12.8. The molecule has 1 aromatic carbocycles. The van der Waals surface area contributed by atoms with Gasteiger partial charge in [0, 0.05) is 26.7 Å². The molecule has 29 heavy (non-hydrogen) atoms.